The fourth-order valence-corrected chi connectivity index (χ4v) is 3.86. The standard InChI is InChI=1S/C14H16N4OS2/c1-4-11-17-18-10(9(3)16-14(18)21-11)7-15-13(19)12-8(2)5-6-20-12/h5-6H,4,7H2,1-3H3,(H,15,19). The summed E-state index contributed by atoms with van der Waals surface area (Å²) >= 11 is 3.06. The zero-order valence-corrected chi connectivity index (χ0v) is 13.8. The third kappa shape index (κ3) is 2.58. The molecule has 0 unspecified atom stereocenters. The maximum Gasteiger partial charge on any atom is 0.261 e. The minimum absolute atomic E-state index is 0.0391. The summed E-state index contributed by atoms with van der Waals surface area (Å²) < 4.78 is 1.85. The highest BCUT2D eigenvalue weighted by Gasteiger charge is 2.15. The van der Waals surface area contributed by atoms with Crippen LogP contribution < -0.4 is 5.32 Å². The number of nitrogens with one attached hydrogen (secondary N) is 1. The fraction of sp³-hybridized carbons (Fsp3) is 0.357. The highest BCUT2D eigenvalue weighted by atomic mass is 32.1. The van der Waals surface area contributed by atoms with Crippen LogP contribution in [-0.2, 0) is 13.0 Å². The molecule has 1 N–H and O–H groups in total. The summed E-state index contributed by atoms with van der Waals surface area (Å²) in [5, 5.41) is 10.5. The van der Waals surface area contributed by atoms with E-state index in [1.807, 2.05) is 29.8 Å². The van der Waals surface area contributed by atoms with Gasteiger partial charge in [0, 0.05) is 0 Å². The van der Waals surface area contributed by atoms with Crippen LogP contribution in [0.25, 0.3) is 4.96 Å². The Morgan fingerprint density at radius 3 is 2.90 bits per heavy atom. The highest BCUT2D eigenvalue weighted by Crippen LogP contribution is 2.19. The van der Waals surface area contributed by atoms with Crippen molar-refractivity contribution in [2.24, 2.45) is 0 Å². The van der Waals surface area contributed by atoms with Gasteiger partial charge in [-0.3, -0.25) is 4.79 Å². The van der Waals surface area contributed by atoms with E-state index in [0.29, 0.717) is 6.54 Å². The van der Waals surface area contributed by atoms with Gasteiger partial charge in [0.25, 0.3) is 5.91 Å². The molecule has 0 radical (unpaired) electrons. The van der Waals surface area contributed by atoms with Crippen molar-refractivity contribution < 1.29 is 4.79 Å². The Hall–Kier alpha value is -1.73. The smallest absolute Gasteiger partial charge is 0.261 e. The number of rotatable bonds is 4. The van der Waals surface area contributed by atoms with Gasteiger partial charge in [-0.15, -0.1) is 11.3 Å². The molecule has 3 aromatic rings. The number of carbonyl (C=O) groups excluding carboxylic acids is 1. The Balaban J connectivity index is 1.81. The summed E-state index contributed by atoms with van der Waals surface area (Å²) in [6.07, 6.45) is 0.896. The second-order valence-corrected chi connectivity index (χ2v) is 6.76. The summed E-state index contributed by atoms with van der Waals surface area (Å²) in [6, 6.07) is 1.95. The first-order valence-corrected chi connectivity index (χ1v) is 8.46. The largest absolute Gasteiger partial charge is 0.346 e. The molecule has 3 heterocycles. The van der Waals surface area contributed by atoms with E-state index >= 15 is 0 Å². The number of carbonyl (C=O) groups is 1. The Bertz CT molecular complexity index is 799. The highest BCUT2D eigenvalue weighted by molar-refractivity contribution is 7.16. The van der Waals surface area contributed by atoms with E-state index in [1.54, 1.807) is 11.3 Å². The van der Waals surface area contributed by atoms with Crippen molar-refractivity contribution in [3.63, 3.8) is 0 Å². The van der Waals surface area contributed by atoms with Crippen molar-refractivity contribution in [3.05, 3.63) is 38.3 Å². The van der Waals surface area contributed by atoms with Gasteiger partial charge < -0.3 is 5.32 Å². The maximum atomic E-state index is 12.2. The van der Waals surface area contributed by atoms with Gasteiger partial charge in [-0.05, 0) is 37.3 Å². The third-order valence-corrected chi connectivity index (χ3v) is 5.39. The van der Waals surface area contributed by atoms with Gasteiger partial charge >= 0.3 is 0 Å². The number of aromatic nitrogens is 3. The van der Waals surface area contributed by atoms with Crippen LogP contribution in [0.1, 0.15) is 38.6 Å². The Kier molecular flexibility index (Phi) is 3.77. The molecular formula is C14H16N4OS2. The zero-order valence-electron chi connectivity index (χ0n) is 12.1. The van der Waals surface area contributed by atoms with Crippen LogP contribution in [0.5, 0.6) is 0 Å². The topological polar surface area (TPSA) is 59.3 Å². The monoisotopic (exact) mass is 320 g/mol. The summed E-state index contributed by atoms with van der Waals surface area (Å²) in [4.78, 5) is 18.3. The molecule has 3 rings (SSSR count). The van der Waals surface area contributed by atoms with E-state index in [2.05, 4.69) is 22.3 Å². The Morgan fingerprint density at radius 2 is 2.24 bits per heavy atom. The Labute approximate surface area is 130 Å². The Morgan fingerprint density at radius 1 is 1.43 bits per heavy atom. The summed E-state index contributed by atoms with van der Waals surface area (Å²) in [5.41, 5.74) is 2.87. The van der Waals surface area contributed by atoms with E-state index in [-0.39, 0.29) is 5.91 Å². The SMILES string of the molecule is CCc1nn2c(CNC(=O)c3sccc3C)c(C)nc2s1. The minimum atomic E-state index is -0.0391. The summed E-state index contributed by atoms with van der Waals surface area (Å²) in [5.74, 6) is -0.0391. The molecule has 110 valence electrons. The first kappa shape index (κ1) is 14.2. The number of hydrogen-bond acceptors (Lipinski definition) is 5. The van der Waals surface area contributed by atoms with Gasteiger partial charge in [0.05, 0.1) is 22.8 Å². The van der Waals surface area contributed by atoms with Crippen molar-refractivity contribution in [2.45, 2.75) is 33.7 Å². The second kappa shape index (κ2) is 5.57. The predicted octanol–water partition coefficient (Wildman–Crippen LogP) is 2.96. The van der Waals surface area contributed by atoms with Gasteiger partial charge in [-0.2, -0.15) is 5.10 Å². The number of hydrogen-bond donors (Lipinski definition) is 1. The molecule has 7 heteroatoms. The van der Waals surface area contributed by atoms with Crippen LogP contribution in [0.4, 0.5) is 0 Å². The van der Waals surface area contributed by atoms with Crippen molar-refractivity contribution in [1.82, 2.24) is 19.9 Å². The second-order valence-electron chi connectivity index (χ2n) is 4.80. The fourth-order valence-electron chi connectivity index (χ4n) is 2.13. The van der Waals surface area contributed by atoms with E-state index in [0.717, 1.165) is 38.2 Å². The molecule has 0 bridgehead atoms. The van der Waals surface area contributed by atoms with Crippen LogP contribution in [-0.4, -0.2) is 20.5 Å². The first-order valence-electron chi connectivity index (χ1n) is 6.76. The molecule has 0 saturated heterocycles. The average molecular weight is 320 g/mol. The molecular weight excluding hydrogens is 304 g/mol. The zero-order chi connectivity index (χ0) is 15.0. The van der Waals surface area contributed by atoms with Crippen LogP contribution in [0.3, 0.4) is 0 Å². The quantitative estimate of drug-likeness (QED) is 0.804. The molecule has 0 aliphatic heterocycles. The van der Waals surface area contributed by atoms with Crippen LogP contribution >= 0.6 is 22.7 Å². The molecule has 0 saturated carbocycles. The molecule has 0 fully saturated rings. The number of imidazole rings is 1. The lowest BCUT2D eigenvalue weighted by Gasteiger charge is -2.04. The van der Waals surface area contributed by atoms with E-state index in [1.165, 1.54) is 11.3 Å². The number of amides is 1. The molecule has 21 heavy (non-hydrogen) atoms. The van der Waals surface area contributed by atoms with Gasteiger partial charge in [0.1, 0.15) is 5.01 Å². The lowest BCUT2D eigenvalue weighted by Crippen LogP contribution is -2.23. The molecule has 0 aliphatic rings. The van der Waals surface area contributed by atoms with Gasteiger partial charge in [0.15, 0.2) is 0 Å². The van der Waals surface area contributed by atoms with Crippen LogP contribution in [0, 0.1) is 13.8 Å². The normalized spacial score (nSPS) is 11.2. The lowest BCUT2D eigenvalue weighted by molar-refractivity contribution is 0.0953. The summed E-state index contributed by atoms with van der Waals surface area (Å²) in [6.45, 7) is 6.41. The van der Waals surface area contributed by atoms with E-state index in [9.17, 15) is 4.79 Å². The van der Waals surface area contributed by atoms with Crippen LogP contribution in [0.15, 0.2) is 11.4 Å². The molecule has 3 aromatic heterocycles. The van der Waals surface area contributed by atoms with Gasteiger partial charge in [-0.1, -0.05) is 18.3 Å². The minimum Gasteiger partial charge on any atom is -0.346 e. The number of fused-ring (bicyclic) bond motifs is 1. The predicted molar refractivity (Wildman–Crippen MR) is 85.2 cm³/mol. The summed E-state index contributed by atoms with van der Waals surface area (Å²) in [7, 11) is 0. The maximum absolute atomic E-state index is 12.2. The van der Waals surface area contributed by atoms with Crippen LogP contribution in [0.2, 0.25) is 0 Å². The molecule has 1 amide bonds. The first-order chi connectivity index (χ1) is 10.1. The van der Waals surface area contributed by atoms with Gasteiger partial charge in [0.2, 0.25) is 4.96 Å². The average Bonchev–Trinajstić information content (AvgIpc) is 3.11. The number of nitrogens with zero attached hydrogens (tertiary/aromatic N) is 3. The van der Waals surface area contributed by atoms with Crippen molar-refractivity contribution in [2.75, 3.05) is 0 Å². The molecule has 0 atom stereocenters. The van der Waals surface area contributed by atoms with Crippen molar-refractivity contribution in [1.29, 1.82) is 0 Å². The van der Waals surface area contributed by atoms with Crippen molar-refractivity contribution >= 4 is 33.5 Å². The lowest BCUT2D eigenvalue weighted by atomic mass is 10.3. The molecule has 5 nitrogen and oxygen atoms in total. The van der Waals surface area contributed by atoms with E-state index in [4.69, 9.17) is 0 Å². The van der Waals surface area contributed by atoms with Gasteiger partial charge in [-0.25, -0.2) is 9.50 Å². The van der Waals surface area contributed by atoms with Crippen molar-refractivity contribution in [3.8, 4) is 0 Å². The molecule has 0 aliphatic carbocycles. The van der Waals surface area contributed by atoms with E-state index < -0.39 is 0 Å². The number of aryl methyl sites for hydroxylation is 3. The molecule has 0 aromatic carbocycles. The third-order valence-electron chi connectivity index (χ3n) is 3.33. The molecule has 0 spiro atoms. The number of thiophene rings is 1.